The number of aromatic nitrogens is 4. The third-order valence-corrected chi connectivity index (χ3v) is 6.67. The number of likely N-dealkylation sites (tertiary alicyclic amines) is 1. The van der Waals surface area contributed by atoms with Gasteiger partial charge in [0.05, 0.1) is 36.7 Å². The van der Waals surface area contributed by atoms with Gasteiger partial charge >= 0.3 is 6.18 Å². The van der Waals surface area contributed by atoms with Crippen molar-refractivity contribution in [2.24, 2.45) is 0 Å². The van der Waals surface area contributed by atoms with Crippen molar-refractivity contribution in [2.45, 2.75) is 50.6 Å². The first kappa shape index (κ1) is 26.8. The van der Waals surface area contributed by atoms with Crippen LogP contribution in [0, 0.1) is 6.92 Å². The van der Waals surface area contributed by atoms with Crippen LogP contribution in [0.1, 0.15) is 30.4 Å². The van der Waals surface area contributed by atoms with E-state index in [1.807, 2.05) is 9.80 Å². The Morgan fingerprint density at radius 1 is 1.11 bits per heavy atom. The summed E-state index contributed by atoms with van der Waals surface area (Å²) in [4.78, 5) is 36.3. The van der Waals surface area contributed by atoms with E-state index >= 15 is 0 Å². The zero-order valence-electron chi connectivity index (χ0n) is 20.6. The van der Waals surface area contributed by atoms with Crippen molar-refractivity contribution in [3.63, 3.8) is 0 Å². The number of hydrogen-bond acceptors (Lipinski definition) is 9. The number of H-pyrrole nitrogens is 1. The van der Waals surface area contributed by atoms with Crippen LogP contribution in [-0.4, -0.2) is 89.1 Å². The molecule has 4 rings (SSSR count). The third-order valence-electron chi connectivity index (χ3n) is 6.67. The molecule has 2 aromatic rings. The van der Waals surface area contributed by atoms with Gasteiger partial charge in [0.15, 0.2) is 0 Å². The van der Waals surface area contributed by atoms with E-state index in [2.05, 4.69) is 25.5 Å². The minimum Gasteiger partial charge on any atom is -0.382 e. The Morgan fingerprint density at radius 3 is 2.46 bits per heavy atom. The summed E-state index contributed by atoms with van der Waals surface area (Å²) in [5, 5.41) is 9.38. The molecule has 0 bridgehead atoms. The molecule has 0 radical (unpaired) electrons. The van der Waals surface area contributed by atoms with E-state index in [0.717, 1.165) is 12.4 Å². The summed E-state index contributed by atoms with van der Waals surface area (Å²) in [5.74, 6) is 0.178. The van der Waals surface area contributed by atoms with Crippen LogP contribution in [0.25, 0.3) is 0 Å². The molecular formula is C23H30F3N7O4. The van der Waals surface area contributed by atoms with Crippen molar-refractivity contribution in [1.82, 2.24) is 25.1 Å². The molecule has 0 saturated carbocycles. The number of ether oxygens (including phenoxy) is 2. The molecule has 2 aliphatic heterocycles. The van der Waals surface area contributed by atoms with Crippen LogP contribution in [0.3, 0.4) is 0 Å². The van der Waals surface area contributed by atoms with E-state index in [1.54, 1.807) is 14.0 Å². The zero-order valence-corrected chi connectivity index (χ0v) is 20.6. The van der Waals surface area contributed by atoms with Crippen LogP contribution in [-0.2, 0) is 20.4 Å². The maximum Gasteiger partial charge on any atom is 0.419 e. The molecule has 2 aromatic heterocycles. The lowest BCUT2D eigenvalue weighted by Gasteiger charge is -2.36. The zero-order chi connectivity index (χ0) is 26.6. The number of nitrogens with one attached hydrogen (secondary N) is 2. The van der Waals surface area contributed by atoms with E-state index in [-0.39, 0.29) is 36.1 Å². The van der Waals surface area contributed by atoms with Crippen LogP contribution in [0.4, 0.5) is 24.8 Å². The molecule has 2 saturated heterocycles. The van der Waals surface area contributed by atoms with E-state index in [4.69, 9.17) is 9.47 Å². The predicted octanol–water partition coefficient (Wildman–Crippen LogP) is 1.60. The minimum absolute atomic E-state index is 0.0180. The number of piperidine rings is 1. The fourth-order valence-corrected chi connectivity index (χ4v) is 4.59. The fraction of sp³-hybridized carbons (Fsp3) is 0.609. The largest absolute Gasteiger partial charge is 0.419 e. The summed E-state index contributed by atoms with van der Waals surface area (Å²) in [5.41, 5.74) is -0.114. The topological polar surface area (TPSA) is 126 Å². The highest BCUT2D eigenvalue weighted by Crippen LogP contribution is 2.29. The highest BCUT2D eigenvalue weighted by Gasteiger charge is 2.38. The SMILES string of the molecule is COC[C@@H](CO[C@@H]1CCN(C2CCN(c3ncc(C(F)(F)F)cn3)CC2)C1=O)Nc1cn[nH]c(=O)c1C. The highest BCUT2D eigenvalue weighted by molar-refractivity contribution is 5.83. The maximum absolute atomic E-state index is 13.1. The second kappa shape index (κ2) is 11.4. The first-order valence-corrected chi connectivity index (χ1v) is 12.0. The van der Waals surface area contributed by atoms with Gasteiger partial charge in [-0.05, 0) is 19.8 Å². The molecule has 14 heteroatoms. The van der Waals surface area contributed by atoms with E-state index in [0.29, 0.717) is 56.8 Å². The lowest BCUT2D eigenvalue weighted by atomic mass is 10.0. The summed E-state index contributed by atoms with van der Waals surface area (Å²) in [6, 6.07) is -0.273. The van der Waals surface area contributed by atoms with E-state index < -0.39 is 17.8 Å². The first-order chi connectivity index (χ1) is 17.7. The molecule has 4 heterocycles. The van der Waals surface area contributed by atoms with E-state index in [9.17, 15) is 22.8 Å². The lowest BCUT2D eigenvalue weighted by molar-refractivity contribution is -0.140. The van der Waals surface area contributed by atoms with Crippen LogP contribution in [0.5, 0.6) is 0 Å². The number of carbonyl (C=O) groups excluding carboxylic acids is 1. The number of aromatic amines is 1. The fourth-order valence-electron chi connectivity index (χ4n) is 4.59. The van der Waals surface area contributed by atoms with Crippen LogP contribution in [0.2, 0.25) is 0 Å². The maximum atomic E-state index is 13.1. The quantitative estimate of drug-likeness (QED) is 0.502. The van der Waals surface area contributed by atoms with Crippen LogP contribution < -0.4 is 15.8 Å². The molecule has 2 N–H and O–H groups in total. The number of halogens is 3. The first-order valence-electron chi connectivity index (χ1n) is 12.0. The molecule has 0 unspecified atom stereocenters. The van der Waals surface area contributed by atoms with Crippen molar-refractivity contribution < 1.29 is 27.4 Å². The molecule has 2 atom stereocenters. The van der Waals surface area contributed by atoms with Crippen molar-refractivity contribution in [3.05, 3.63) is 40.1 Å². The molecule has 11 nitrogen and oxygen atoms in total. The molecule has 1 amide bonds. The van der Waals surface area contributed by atoms with Crippen molar-refractivity contribution in [2.75, 3.05) is 50.2 Å². The van der Waals surface area contributed by atoms with Gasteiger partial charge in [0.1, 0.15) is 6.10 Å². The number of alkyl halides is 3. The van der Waals surface area contributed by atoms with Crippen LogP contribution in [0.15, 0.2) is 23.4 Å². The monoisotopic (exact) mass is 525 g/mol. The minimum atomic E-state index is -4.48. The van der Waals surface area contributed by atoms with Gasteiger partial charge in [-0.3, -0.25) is 9.59 Å². The average Bonchev–Trinajstić information content (AvgIpc) is 3.25. The Morgan fingerprint density at radius 2 is 1.81 bits per heavy atom. The van der Waals surface area contributed by atoms with Crippen molar-refractivity contribution >= 4 is 17.5 Å². The summed E-state index contributed by atoms with van der Waals surface area (Å²) < 4.78 is 49.5. The Hall–Kier alpha value is -3.26. The average molecular weight is 526 g/mol. The Balaban J connectivity index is 1.28. The molecule has 2 aliphatic rings. The molecule has 37 heavy (non-hydrogen) atoms. The number of amides is 1. The molecule has 2 fully saturated rings. The molecule has 0 aromatic carbocycles. The van der Waals surface area contributed by atoms with Gasteiger partial charge in [0.25, 0.3) is 11.5 Å². The second-order valence-corrected chi connectivity index (χ2v) is 9.16. The number of carbonyl (C=O) groups is 1. The number of rotatable bonds is 9. The van der Waals surface area contributed by atoms with Gasteiger partial charge < -0.3 is 24.6 Å². The van der Waals surface area contributed by atoms with Crippen molar-refractivity contribution in [3.8, 4) is 0 Å². The summed E-state index contributed by atoms with van der Waals surface area (Å²) in [7, 11) is 1.56. The number of hydrogen-bond donors (Lipinski definition) is 2. The summed E-state index contributed by atoms with van der Waals surface area (Å²) in [6.07, 6.45) is -0.0698. The third kappa shape index (κ3) is 6.36. The van der Waals surface area contributed by atoms with Gasteiger partial charge in [-0.15, -0.1) is 0 Å². The van der Waals surface area contributed by atoms with Gasteiger partial charge in [-0.25, -0.2) is 15.1 Å². The number of nitrogens with zero attached hydrogens (tertiary/aromatic N) is 5. The molecular weight excluding hydrogens is 495 g/mol. The van der Waals surface area contributed by atoms with Gasteiger partial charge in [0, 0.05) is 57.2 Å². The van der Waals surface area contributed by atoms with Gasteiger partial charge in [-0.1, -0.05) is 0 Å². The highest BCUT2D eigenvalue weighted by atomic mass is 19.4. The standard InChI is InChI=1S/C23H30F3N7O4/c1-14-18(11-29-31-20(14)34)30-16(12-36-2)13-37-19-5-8-33(21(19)35)17-3-6-32(7-4-17)22-27-9-15(10-28-22)23(24,25)26/h9-11,16-17,19H,3-8,12-13H2,1-2H3,(H2,30,31,34)/t16-,19+/m0/s1. The Kier molecular flexibility index (Phi) is 8.27. The van der Waals surface area contributed by atoms with Gasteiger partial charge in [0.2, 0.25) is 5.95 Å². The summed E-state index contributed by atoms with van der Waals surface area (Å²) in [6.45, 7) is 3.84. The summed E-state index contributed by atoms with van der Waals surface area (Å²) >= 11 is 0. The lowest BCUT2D eigenvalue weighted by Crippen LogP contribution is -2.47. The predicted molar refractivity (Wildman–Crippen MR) is 127 cm³/mol. The Labute approximate surface area is 211 Å². The molecule has 0 aliphatic carbocycles. The van der Waals surface area contributed by atoms with Crippen molar-refractivity contribution in [1.29, 1.82) is 0 Å². The van der Waals surface area contributed by atoms with Gasteiger partial charge in [-0.2, -0.15) is 18.3 Å². The smallest absolute Gasteiger partial charge is 0.382 e. The number of anilines is 2. The number of methoxy groups -OCH3 is 1. The Bertz CT molecular complexity index is 1120. The molecule has 0 spiro atoms. The van der Waals surface area contributed by atoms with Crippen LogP contribution >= 0.6 is 0 Å². The van der Waals surface area contributed by atoms with E-state index in [1.165, 1.54) is 6.20 Å². The second-order valence-electron chi connectivity index (χ2n) is 9.16. The normalized spacial score (nSPS) is 19.9. The molecule has 202 valence electrons.